The molecule has 0 heterocycles. The Balaban J connectivity index is 2.51. The minimum absolute atomic E-state index is 0.718. The maximum absolute atomic E-state index is 2.43. The highest BCUT2D eigenvalue weighted by Gasteiger charge is 2.45. The third-order valence-corrected chi connectivity index (χ3v) is 3.16. The van der Waals surface area contributed by atoms with Gasteiger partial charge in [-0.3, -0.25) is 0 Å². The molecule has 3 atom stereocenters. The lowest BCUT2D eigenvalue weighted by Gasteiger charge is -2.01. The fourth-order valence-corrected chi connectivity index (χ4v) is 2.56. The molecule has 1 aliphatic carbocycles. The maximum atomic E-state index is 2.43. The van der Waals surface area contributed by atoms with Crippen LogP contribution in [0.5, 0.6) is 0 Å². The van der Waals surface area contributed by atoms with Crippen molar-refractivity contribution >= 4 is 0 Å². The normalized spacial score (nSPS) is 35.8. The first kappa shape index (κ1) is 9.83. The summed E-state index contributed by atoms with van der Waals surface area (Å²) < 4.78 is 0. The zero-order valence-corrected chi connectivity index (χ0v) is 9.09. The molecule has 0 aromatic carbocycles. The number of rotatable bonds is 3. The molecule has 1 rings (SSSR count). The van der Waals surface area contributed by atoms with Crippen molar-refractivity contribution in [2.24, 2.45) is 23.7 Å². The van der Waals surface area contributed by atoms with Gasteiger partial charge in [0.05, 0.1) is 0 Å². The molecule has 1 aliphatic rings. The highest BCUT2D eigenvalue weighted by Crippen LogP contribution is 2.52. The van der Waals surface area contributed by atoms with Gasteiger partial charge in [0.2, 0.25) is 0 Å². The lowest BCUT2D eigenvalue weighted by molar-refractivity contribution is 0.707. The van der Waals surface area contributed by atoms with Crippen LogP contribution in [0.4, 0.5) is 0 Å². The number of hydrogen-bond acceptors (Lipinski definition) is 0. The second-order valence-electron chi connectivity index (χ2n) is 4.61. The van der Waals surface area contributed by atoms with Gasteiger partial charge >= 0.3 is 0 Å². The molecule has 0 N–H and O–H groups in total. The highest BCUT2D eigenvalue weighted by atomic mass is 14.5. The second kappa shape index (κ2) is 3.64. The summed E-state index contributed by atoms with van der Waals surface area (Å²) in [5.74, 6) is 3.57. The van der Waals surface area contributed by atoms with Crippen LogP contribution >= 0.6 is 0 Å². The van der Waals surface area contributed by atoms with Crippen molar-refractivity contribution in [3.63, 3.8) is 0 Å². The minimum atomic E-state index is 0.718. The van der Waals surface area contributed by atoms with Gasteiger partial charge in [0.25, 0.3) is 0 Å². The minimum Gasteiger partial charge on any atom is -0.0827 e. The molecule has 0 aromatic heterocycles. The largest absolute Gasteiger partial charge is 0.0827 e. The standard InChI is InChI=1S/C12H22/c1-6-11-10(5)12(11)9(4)7-8(2)3/h7-8,10-12H,6H2,1-5H3. The SMILES string of the molecule is CCC1C(C)C1C(C)=CC(C)C. The van der Waals surface area contributed by atoms with E-state index >= 15 is 0 Å². The quantitative estimate of drug-likeness (QED) is 0.558. The fraction of sp³-hybridized carbons (Fsp3) is 0.833. The molecule has 1 fully saturated rings. The summed E-state index contributed by atoms with van der Waals surface area (Å²) in [6.07, 6.45) is 3.78. The van der Waals surface area contributed by atoms with Gasteiger partial charge < -0.3 is 0 Å². The van der Waals surface area contributed by atoms with Gasteiger partial charge in [-0.15, -0.1) is 0 Å². The molecular weight excluding hydrogens is 144 g/mol. The Kier molecular flexibility index (Phi) is 2.98. The van der Waals surface area contributed by atoms with E-state index in [9.17, 15) is 0 Å². The van der Waals surface area contributed by atoms with E-state index in [1.54, 1.807) is 5.57 Å². The third kappa shape index (κ3) is 1.91. The smallest absolute Gasteiger partial charge is 0.0146 e. The Morgan fingerprint density at radius 1 is 1.42 bits per heavy atom. The Morgan fingerprint density at radius 2 is 2.00 bits per heavy atom. The zero-order chi connectivity index (χ0) is 9.30. The van der Waals surface area contributed by atoms with Gasteiger partial charge in [0.15, 0.2) is 0 Å². The summed E-state index contributed by atoms with van der Waals surface area (Å²) in [6, 6.07) is 0. The summed E-state index contributed by atoms with van der Waals surface area (Å²) in [5, 5.41) is 0. The molecule has 0 radical (unpaired) electrons. The molecule has 70 valence electrons. The molecule has 0 nitrogen and oxygen atoms in total. The molecule has 0 aliphatic heterocycles. The Bertz CT molecular complexity index is 176. The van der Waals surface area contributed by atoms with E-state index in [1.165, 1.54) is 6.42 Å². The van der Waals surface area contributed by atoms with E-state index in [1.807, 2.05) is 0 Å². The van der Waals surface area contributed by atoms with E-state index in [0.29, 0.717) is 0 Å². The average Bonchev–Trinajstić information content (AvgIpc) is 2.59. The Hall–Kier alpha value is -0.260. The predicted molar refractivity (Wildman–Crippen MR) is 55.0 cm³/mol. The summed E-state index contributed by atoms with van der Waals surface area (Å²) in [6.45, 7) is 11.5. The van der Waals surface area contributed by atoms with E-state index in [2.05, 4.69) is 40.7 Å². The van der Waals surface area contributed by atoms with Crippen LogP contribution in [-0.2, 0) is 0 Å². The molecule has 0 amide bonds. The van der Waals surface area contributed by atoms with Crippen LogP contribution in [0.3, 0.4) is 0 Å². The van der Waals surface area contributed by atoms with Gasteiger partial charge in [-0.25, -0.2) is 0 Å². The number of allylic oxidation sites excluding steroid dienone is 2. The molecule has 0 bridgehead atoms. The summed E-state index contributed by atoms with van der Waals surface area (Å²) in [7, 11) is 0. The molecule has 0 heteroatoms. The lowest BCUT2D eigenvalue weighted by Crippen LogP contribution is -1.88. The molecule has 12 heavy (non-hydrogen) atoms. The first-order valence-electron chi connectivity index (χ1n) is 5.26. The van der Waals surface area contributed by atoms with E-state index in [-0.39, 0.29) is 0 Å². The highest BCUT2D eigenvalue weighted by molar-refractivity contribution is 5.16. The monoisotopic (exact) mass is 166 g/mol. The van der Waals surface area contributed by atoms with Crippen LogP contribution < -0.4 is 0 Å². The predicted octanol–water partition coefficient (Wildman–Crippen LogP) is 3.88. The molecule has 0 spiro atoms. The summed E-state index contributed by atoms with van der Waals surface area (Å²) in [5.41, 5.74) is 1.63. The average molecular weight is 166 g/mol. The van der Waals surface area contributed by atoms with E-state index in [4.69, 9.17) is 0 Å². The zero-order valence-electron chi connectivity index (χ0n) is 9.09. The first-order chi connectivity index (χ1) is 5.57. The Labute approximate surface area is 77.1 Å². The van der Waals surface area contributed by atoms with E-state index in [0.717, 1.165) is 23.7 Å². The second-order valence-corrected chi connectivity index (χ2v) is 4.61. The van der Waals surface area contributed by atoms with Crippen molar-refractivity contribution < 1.29 is 0 Å². The summed E-state index contributed by atoms with van der Waals surface area (Å²) in [4.78, 5) is 0. The molecule has 0 saturated heterocycles. The van der Waals surface area contributed by atoms with Crippen molar-refractivity contribution in [3.8, 4) is 0 Å². The van der Waals surface area contributed by atoms with Crippen LogP contribution in [0, 0.1) is 23.7 Å². The van der Waals surface area contributed by atoms with Crippen molar-refractivity contribution in [3.05, 3.63) is 11.6 Å². The van der Waals surface area contributed by atoms with Gasteiger partial charge in [0, 0.05) is 0 Å². The van der Waals surface area contributed by atoms with Crippen LogP contribution in [0.25, 0.3) is 0 Å². The molecule has 3 unspecified atom stereocenters. The van der Waals surface area contributed by atoms with Crippen LogP contribution in [0.2, 0.25) is 0 Å². The lowest BCUT2D eigenvalue weighted by atomic mass is 10.0. The van der Waals surface area contributed by atoms with Gasteiger partial charge in [-0.1, -0.05) is 45.8 Å². The molecular formula is C12H22. The van der Waals surface area contributed by atoms with Gasteiger partial charge in [-0.05, 0) is 30.6 Å². The maximum Gasteiger partial charge on any atom is -0.0146 e. The first-order valence-corrected chi connectivity index (χ1v) is 5.26. The van der Waals surface area contributed by atoms with Crippen molar-refractivity contribution in [1.82, 2.24) is 0 Å². The van der Waals surface area contributed by atoms with E-state index < -0.39 is 0 Å². The van der Waals surface area contributed by atoms with Crippen molar-refractivity contribution in [1.29, 1.82) is 0 Å². The topological polar surface area (TPSA) is 0 Å². The van der Waals surface area contributed by atoms with Gasteiger partial charge in [0.1, 0.15) is 0 Å². The van der Waals surface area contributed by atoms with Gasteiger partial charge in [-0.2, -0.15) is 0 Å². The third-order valence-electron chi connectivity index (χ3n) is 3.16. The fourth-order valence-electron chi connectivity index (χ4n) is 2.56. The van der Waals surface area contributed by atoms with Crippen LogP contribution in [-0.4, -0.2) is 0 Å². The van der Waals surface area contributed by atoms with Crippen molar-refractivity contribution in [2.75, 3.05) is 0 Å². The number of hydrogen-bond donors (Lipinski definition) is 0. The van der Waals surface area contributed by atoms with Crippen molar-refractivity contribution in [2.45, 2.75) is 41.0 Å². The molecule has 1 saturated carbocycles. The summed E-state index contributed by atoms with van der Waals surface area (Å²) >= 11 is 0. The van der Waals surface area contributed by atoms with Crippen LogP contribution in [0.15, 0.2) is 11.6 Å². The van der Waals surface area contributed by atoms with Crippen LogP contribution in [0.1, 0.15) is 41.0 Å². The molecule has 0 aromatic rings. The Morgan fingerprint density at radius 3 is 2.33 bits per heavy atom.